The van der Waals surface area contributed by atoms with Crippen LogP contribution < -0.4 is 0 Å². The quantitative estimate of drug-likeness (QED) is 0.759. The SMILES string of the molecule is CC1CCN(CCC(CCC(=O)O)C(C)C)CC1. The van der Waals surface area contributed by atoms with Gasteiger partial charge in [-0.2, -0.15) is 0 Å². The molecule has 1 unspecified atom stereocenters. The Morgan fingerprint density at radius 1 is 1.28 bits per heavy atom. The molecule has 0 spiro atoms. The van der Waals surface area contributed by atoms with Crippen LogP contribution in [0, 0.1) is 17.8 Å². The molecule has 0 aliphatic carbocycles. The molecule has 1 N–H and O–H groups in total. The van der Waals surface area contributed by atoms with Gasteiger partial charge in [-0.3, -0.25) is 4.79 Å². The van der Waals surface area contributed by atoms with Crippen LogP contribution in [0.3, 0.4) is 0 Å². The highest BCUT2D eigenvalue weighted by Gasteiger charge is 2.19. The number of nitrogens with zero attached hydrogens (tertiary/aromatic N) is 1. The molecule has 1 fully saturated rings. The van der Waals surface area contributed by atoms with Crippen molar-refractivity contribution in [2.24, 2.45) is 17.8 Å². The maximum absolute atomic E-state index is 10.7. The van der Waals surface area contributed by atoms with E-state index in [2.05, 4.69) is 25.7 Å². The minimum atomic E-state index is -0.660. The molecule has 0 aromatic rings. The highest BCUT2D eigenvalue weighted by molar-refractivity contribution is 5.66. The summed E-state index contributed by atoms with van der Waals surface area (Å²) in [6.45, 7) is 10.4. The molecule has 3 heteroatoms. The molecule has 1 aliphatic rings. The first-order valence-electron chi connectivity index (χ1n) is 7.43. The highest BCUT2D eigenvalue weighted by Crippen LogP contribution is 2.23. The Kier molecular flexibility index (Phi) is 6.69. The van der Waals surface area contributed by atoms with Gasteiger partial charge in [-0.25, -0.2) is 0 Å². The normalized spacial score (nSPS) is 20.2. The van der Waals surface area contributed by atoms with Gasteiger partial charge in [-0.05, 0) is 63.1 Å². The number of carboxylic acids is 1. The van der Waals surface area contributed by atoms with Crippen molar-refractivity contribution in [3.8, 4) is 0 Å². The van der Waals surface area contributed by atoms with Gasteiger partial charge in [-0.15, -0.1) is 0 Å². The summed E-state index contributed by atoms with van der Waals surface area (Å²) in [6, 6.07) is 0. The van der Waals surface area contributed by atoms with Gasteiger partial charge < -0.3 is 10.0 Å². The van der Waals surface area contributed by atoms with Crippen molar-refractivity contribution < 1.29 is 9.90 Å². The van der Waals surface area contributed by atoms with Gasteiger partial charge in [0.15, 0.2) is 0 Å². The van der Waals surface area contributed by atoms with Crippen molar-refractivity contribution in [1.82, 2.24) is 4.90 Å². The van der Waals surface area contributed by atoms with E-state index in [9.17, 15) is 4.79 Å². The van der Waals surface area contributed by atoms with E-state index in [1.807, 2.05) is 0 Å². The lowest BCUT2D eigenvalue weighted by molar-refractivity contribution is -0.137. The van der Waals surface area contributed by atoms with E-state index in [1.54, 1.807) is 0 Å². The number of rotatable bonds is 7. The van der Waals surface area contributed by atoms with Crippen LogP contribution >= 0.6 is 0 Å². The molecule has 18 heavy (non-hydrogen) atoms. The summed E-state index contributed by atoms with van der Waals surface area (Å²) in [5.74, 6) is 1.37. The Morgan fingerprint density at radius 2 is 1.89 bits per heavy atom. The van der Waals surface area contributed by atoms with E-state index in [-0.39, 0.29) is 0 Å². The van der Waals surface area contributed by atoms with E-state index in [0.29, 0.717) is 18.3 Å². The molecule has 0 saturated carbocycles. The van der Waals surface area contributed by atoms with Crippen LogP contribution in [0.2, 0.25) is 0 Å². The van der Waals surface area contributed by atoms with Crippen LogP contribution in [0.4, 0.5) is 0 Å². The fourth-order valence-corrected chi connectivity index (χ4v) is 2.75. The first-order valence-corrected chi connectivity index (χ1v) is 7.43. The Balaban J connectivity index is 2.26. The highest BCUT2D eigenvalue weighted by atomic mass is 16.4. The van der Waals surface area contributed by atoms with Gasteiger partial charge in [0.25, 0.3) is 0 Å². The molecule has 1 rings (SSSR count). The zero-order chi connectivity index (χ0) is 13.5. The molecule has 0 amide bonds. The van der Waals surface area contributed by atoms with Crippen LogP contribution in [0.1, 0.15) is 52.9 Å². The van der Waals surface area contributed by atoms with E-state index < -0.39 is 5.97 Å². The summed E-state index contributed by atoms with van der Waals surface area (Å²) in [5, 5.41) is 8.78. The molecule has 1 saturated heterocycles. The topological polar surface area (TPSA) is 40.5 Å². The third kappa shape index (κ3) is 5.85. The monoisotopic (exact) mass is 255 g/mol. The maximum Gasteiger partial charge on any atom is 0.303 e. The van der Waals surface area contributed by atoms with Crippen molar-refractivity contribution >= 4 is 5.97 Å². The lowest BCUT2D eigenvalue weighted by Crippen LogP contribution is -2.34. The number of aliphatic carboxylic acids is 1. The standard InChI is InChI=1S/C15H29NO2/c1-12(2)14(4-5-15(17)18)8-11-16-9-6-13(3)7-10-16/h12-14H,4-11H2,1-3H3,(H,17,18). The lowest BCUT2D eigenvalue weighted by Gasteiger charge is -2.32. The van der Waals surface area contributed by atoms with Crippen molar-refractivity contribution in [3.05, 3.63) is 0 Å². The lowest BCUT2D eigenvalue weighted by atomic mass is 9.87. The van der Waals surface area contributed by atoms with Gasteiger partial charge in [-0.1, -0.05) is 20.8 Å². The second kappa shape index (κ2) is 7.78. The van der Waals surface area contributed by atoms with Crippen LogP contribution in [0.15, 0.2) is 0 Å². The van der Waals surface area contributed by atoms with Crippen molar-refractivity contribution in [1.29, 1.82) is 0 Å². The Hall–Kier alpha value is -0.570. The molecular formula is C15H29NO2. The van der Waals surface area contributed by atoms with Gasteiger partial charge in [0.05, 0.1) is 0 Å². The molecule has 3 nitrogen and oxygen atoms in total. The minimum absolute atomic E-state index is 0.319. The fraction of sp³-hybridized carbons (Fsp3) is 0.933. The molecular weight excluding hydrogens is 226 g/mol. The molecule has 1 aliphatic heterocycles. The number of piperidine rings is 1. The van der Waals surface area contributed by atoms with Crippen molar-refractivity contribution in [2.45, 2.75) is 52.9 Å². The number of likely N-dealkylation sites (tertiary alicyclic amines) is 1. The van der Waals surface area contributed by atoms with E-state index in [4.69, 9.17) is 5.11 Å². The smallest absolute Gasteiger partial charge is 0.303 e. The predicted octanol–water partition coefficient (Wildman–Crippen LogP) is 3.25. The molecule has 1 heterocycles. The van der Waals surface area contributed by atoms with E-state index in [1.165, 1.54) is 25.9 Å². The zero-order valence-electron chi connectivity index (χ0n) is 12.2. The molecule has 0 radical (unpaired) electrons. The summed E-state index contributed by atoms with van der Waals surface area (Å²) in [7, 11) is 0. The summed E-state index contributed by atoms with van der Waals surface area (Å²) < 4.78 is 0. The first kappa shape index (κ1) is 15.5. The predicted molar refractivity (Wildman–Crippen MR) is 74.7 cm³/mol. The number of hydrogen-bond donors (Lipinski definition) is 1. The summed E-state index contributed by atoms with van der Waals surface area (Å²) in [6.07, 6.45) is 4.94. The average molecular weight is 255 g/mol. The Labute approximate surface area is 112 Å². The van der Waals surface area contributed by atoms with Gasteiger partial charge in [0, 0.05) is 6.42 Å². The second-order valence-corrected chi connectivity index (χ2v) is 6.25. The van der Waals surface area contributed by atoms with Gasteiger partial charge in [0.2, 0.25) is 0 Å². The van der Waals surface area contributed by atoms with Gasteiger partial charge in [0.1, 0.15) is 0 Å². The summed E-state index contributed by atoms with van der Waals surface area (Å²) in [4.78, 5) is 13.2. The second-order valence-electron chi connectivity index (χ2n) is 6.25. The number of hydrogen-bond acceptors (Lipinski definition) is 2. The zero-order valence-corrected chi connectivity index (χ0v) is 12.2. The third-order valence-electron chi connectivity index (χ3n) is 4.36. The van der Waals surface area contributed by atoms with Crippen LogP contribution in [-0.2, 0) is 4.79 Å². The first-order chi connectivity index (χ1) is 8.49. The Bertz CT molecular complexity index is 245. The van der Waals surface area contributed by atoms with Crippen LogP contribution in [-0.4, -0.2) is 35.6 Å². The largest absolute Gasteiger partial charge is 0.481 e. The summed E-state index contributed by atoms with van der Waals surface area (Å²) >= 11 is 0. The molecule has 0 aromatic heterocycles. The minimum Gasteiger partial charge on any atom is -0.481 e. The molecule has 106 valence electrons. The van der Waals surface area contributed by atoms with E-state index >= 15 is 0 Å². The van der Waals surface area contributed by atoms with Crippen molar-refractivity contribution in [3.63, 3.8) is 0 Å². The maximum atomic E-state index is 10.7. The number of carboxylic acid groups (broad SMARTS) is 1. The Morgan fingerprint density at radius 3 is 2.39 bits per heavy atom. The molecule has 0 bridgehead atoms. The average Bonchev–Trinajstić information content (AvgIpc) is 2.30. The number of carbonyl (C=O) groups is 1. The van der Waals surface area contributed by atoms with Crippen LogP contribution in [0.25, 0.3) is 0 Å². The van der Waals surface area contributed by atoms with Gasteiger partial charge >= 0.3 is 5.97 Å². The molecule has 0 aromatic carbocycles. The summed E-state index contributed by atoms with van der Waals surface area (Å²) in [5.41, 5.74) is 0. The fourth-order valence-electron chi connectivity index (χ4n) is 2.75. The van der Waals surface area contributed by atoms with E-state index in [0.717, 1.165) is 25.3 Å². The third-order valence-corrected chi connectivity index (χ3v) is 4.36. The molecule has 1 atom stereocenters. The van der Waals surface area contributed by atoms with Crippen LogP contribution in [0.5, 0.6) is 0 Å². The van der Waals surface area contributed by atoms with Crippen molar-refractivity contribution in [2.75, 3.05) is 19.6 Å².